The van der Waals surface area contributed by atoms with Crippen molar-refractivity contribution in [3.05, 3.63) is 35.4 Å². The molecule has 1 saturated heterocycles. The fraction of sp³-hybridized carbons (Fsp3) is 0.625. The average Bonchev–Trinajstić information content (AvgIpc) is 2.53. The Morgan fingerprint density at radius 2 is 1.92 bits per heavy atom. The lowest BCUT2D eigenvalue weighted by molar-refractivity contribution is -0.153. The topological polar surface area (TPSA) is 67.4 Å². The third kappa shape index (κ3) is 6.93. The molecule has 2 atom stereocenters. The van der Waals surface area contributed by atoms with Gasteiger partial charge in [0.2, 0.25) is 10.0 Å². The van der Waals surface area contributed by atoms with Crippen LogP contribution >= 0.6 is 0 Å². The van der Waals surface area contributed by atoms with Crippen molar-refractivity contribution in [3.8, 4) is 0 Å². The second-order valence-corrected chi connectivity index (χ2v) is 8.01. The lowest BCUT2D eigenvalue weighted by Gasteiger charge is -2.23. The summed E-state index contributed by atoms with van der Waals surface area (Å²) in [5.41, 5.74) is 0.678. The zero-order valence-corrected chi connectivity index (χ0v) is 14.8. The third-order valence-electron chi connectivity index (χ3n) is 3.95. The van der Waals surface area contributed by atoms with Crippen LogP contribution in [0.1, 0.15) is 36.4 Å². The highest BCUT2D eigenvalue weighted by Crippen LogP contribution is 2.33. The maximum atomic E-state index is 13.1. The van der Waals surface area contributed by atoms with Gasteiger partial charge in [0.25, 0.3) is 0 Å². The number of halogens is 3. The van der Waals surface area contributed by atoms with Gasteiger partial charge in [0.15, 0.2) is 0 Å². The van der Waals surface area contributed by atoms with Crippen LogP contribution < -0.4 is 10.0 Å². The van der Waals surface area contributed by atoms with E-state index in [0.717, 1.165) is 31.4 Å². The Balaban J connectivity index is 1.94. The summed E-state index contributed by atoms with van der Waals surface area (Å²) < 4.78 is 68.9. The Bertz CT molecular complexity index is 642. The van der Waals surface area contributed by atoms with Crippen LogP contribution in [0.25, 0.3) is 0 Å². The Hall–Kier alpha value is -1.16. The van der Waals surface area contributed by atoms with Gasteiger partial charge in [0.05, 0.1) is 12.4 Å². The molecule has 1 heterocycles. The monoisotopic (exact) mass is 380 g/mol. The molecule has 1 aromatic carbocycles. The van der Waals surface area contributed by atoms with Crippen molar-refractivity contribution in [2.45, 2.75) is 44.1 Å². The molecule has 1 aromatic rings. The summed E-state index contributed by atoms with van der Waals surface area (Å²) in [4.78, 5) is 0. The minimum Gasteiger partial charge on any atom is -0.377 e. The van der Waals surface area contributed by atoms with E-state index in [4.69, 9.17) is 4.74 Å². The van der Waals surface area contributed by atoms with Crippen molar-refractivity contribution in [3.63, 3.8) is 0 Å². The van der Waals surface area contributed by atoms with Crippen LogP contribution in [0.2, 0.25) is 0 Å². The van der Waals surface area contributed by atoms with Gasteiger partial charge < -0.3 is 10.1 Å². The molecule has 0 radical (unpaired) electrons. The zero-order chi connectivity index (χ0) is 18.5. The van der Waals surface area contributed by atoms with E-state index in [1.807, 2.05) is 0 Å². The third-order valence-corrected chi connectivity index (χ3v) is 4.61. The van der Waals surface area contributed by atoms with Crippen LogP contribution in [0, 0.1) is 0 Å². The lowest BCUT2D eigenvalue weighted by Crippen LogP contribution is -2.37. The number of hydrogen-bond acceptors (Lipinski definition) is 4. The van der Waals surface area contributed by atoms with Gasteiger partial charge in [-0.05, 0) is 30.4 Å². The van der Waals surface area contributed by atoms with Crippen molar-refractivity contribution in [2.75, 3.05) is 19.4 Å². The molecule has 0 saturated carbocycles. The van der Waals surface area contributed by atoms with Crippen molar-refractivity contribution in [2.24, 2.45) is 0 Å². The van der Waals surface area contributed by atoms with Gasteiger partial charge in [-0.3, -0.25) is 0 Å². The molecular formula is C16H23F3N2O3S. The predicted octanol–water partition coefficient (Wildman–Crippen LogP) is 2.50. The molecule has 0 spiro atoms. The van der Waals surface area contributed by atoms with E-state index in [-0.39, 0.29) is 11.7 Å². The molecular weight excluding hydrogens is 357 g/mol. The molecule has 1 unspecified atom stereocenters. The molecule has 1 aliphatic heterocycles. The molecule has 2 rings (SSSR count). The highest BCUT2D eigenvalue weighted by Gasteiger charge is 2.42. The summed E-state index contributed by atoms with van der Waals surface area (Å²) >= 11 is 0. The van der Waals surface area contributed by atoms with Crippen molar-refractivity contribution >= 4 is 10.0 Å². The van der Waals surface area contributed by atoms with E-state index < -0.39 is 22.2 Å². The second-order valence-electron chi connectivity index (χ2n) is 6.23. The van der Waals surface area contributed by atoms with Gasteiger partial charge in [-0.1, -0.05) is 24.3 Å². The van der Waals surface area contributed by atoms with Crippen molar-refractivity contribution in [1.82, 2.24) is 10.0 Å². The van der Waals surface area contributed by atoms with Gasteiger partial charge in [0.1, 0.15) is 6.04 Å². The van der Waals surface area contributed by atoms with E-state index in [2.05, 4.69) is 5.32 Å². The van der Waals surface area contributed by atoms with E-state index in [1.165, 1.54) is 12.1 Å². The molecule has 2 N–H and O–H groups in total. The first-order valence-corrected chi connectivity index (χ1v) is 9.99. The molecule has 1 aliphatic rings. The van der Waals surface area contributed by atoms with Gasteiger partial charge in [0, 0.05) is 19.7 Å². The Morgan fingerprint density at radius 1 is 1.24 bits per heavy atom. The molecule has 0 amide bonds. The maximum Gasteiger partial charge on any atom is 0.408 e. The molecule has 0 aromatic heterocycles. The van der Waals surface area contributed by atoms with Crippen LogP contribution in [-0.2, 0) is 21.3 Å². The molecule has 0 bridgehead atoms. The summed E-state index contributed by atoms with van der Waals surface area (Å²) in [6, 6.07) is 3.47. The Labute approximate surface area is 146 Å². The van der Waals surface area contributed by atoms with Crippen LogP contribution in [0.3, 0.4) is 0 Å². The smallest absolute Gasteiger partial charge is 0.377 e. The van der Waals surface area contributed by atoms with Gasteiger partial charge >= 0.3 is 6.18 Å². The summed E-state index contributed by atoms with van der Waals surface area (Å²) in [5.74, 6) is 0. The maximum absolute atomic E-state index is 13.1. The minimum absolute atomic E-state index is 0.141. The Kier molecular flexibility index (Phi) is 6.84. The van der Waals surface area contributed by atoms with Gasteiger partial charge in [-0.15, -0.1) is 0 Å². The van der Waals surface area contributed by atoms with Gasteiger partial charge in [-0.2, -0.15) is 17.9 Å². The summed E-state index contributed by atoms with van der Waals surface area (Å²) in [7, 11) is -3.99. The predicted molar refractivity (Wildman–Crippen MR) is 88.5 cm³/mol. The van der Waals surface area contributed by atoms with Crippen LogP contribution in [-0.4, -0.2) is 40.1 Å². The van der Waals surface area contributed by atoms with E-state index in [1.54, 1.807) is 16.9 Å². The number of nitrogens with one attached hydrogen (secondary N) is 2. The number of rotatable bonds is 7. The minimum atomic E-state index is -4.71. The number of ether oxygens (including phenoxy) is 1. The van der Waals surface area contributed by atoms with Crippen LogP contribution in [0.15, 0.2) is 24.3 Å². The van der Waals surface area contributed by atoms with Crippen molar-refractivity contribution < 1.29 is 26.3 Å². The molecule has 25 heavy (non-hydrogen) atoms. The number of sulfonamides is 1. The highest BCUT2D eigenvalue weighted by atomic mass is 32.2. The standard InChI is InChI=1S/C16H23F3N2O3S/c1-25(22,23)21-15(16(17,18)19)13-7-5-12(6-8-13)10-20-11-14-4-2-3-9-24-14/h5-8,14-15,20-21H,2-4,9-11H2,1H3/t14?,15-/m0/s1. The molecule has 1 fully saturated rings. The van der Waals surface area contributed by atoms with E-state index in [9.17, 15) is 21.6 Å². The molecule has 9 heteroatoms. The second kappa shape index (κ2) is 8.48. The SMILES string of the molecule is CS(=O)(=O)N[C@@H](c1ccc(CNCC2CCCCO2)cc1)C(F)(F)F. The fourth-order valence-electron chi connectivity index (χ4n) is 2.71. The van der Waals surface area contributed by atoms with Gasteiger partial charge in [-0.25, -0.2) is 8.42 Å². The number of hydrogen-bond donors (Lipinski definition) is 2. The number of alkyl halides is 3. The average molecular weight is 380 g/mol. The first kappa shape index (κ1) is 20.2. The molecule has 5 nitrogen and oxygen atoms in total. The Morgan fingerprint density at radius 3 is 2.44 bits per heavy atom. The van der Waals surface area contributed by atoms with E-state index in [0.29, 0.717) is 19.3 Å². The lowest BCUT2D eigenvalue weighted by atomic mass is 10.0. The summed E-state index contributed by atoms with van der Waals surface area (Å²) in [6.07, 6.45) is -0.580. The normalized spacial score (nSPS) is 20.4. The zero-order valence-electron chi connectivity index (χ0n) is 14.0. The summed E-state index contributed by atoms with van der Waals surface area (Å²) in [6.45, 7) is 1.98. The molecule has 142 valence electrons. The van der Waals surface area contributed by atoms with Crippen molar-refractivity contribution in [1.29, 1.82) is 0 Å². The molecule has 0 aliphatic carbocycles. The largest absolute Gasteiger partial charge is 0.408 e. The summed E-state index contributed by atoms with van der Waals surface area (Å²) in [5, 5.41) is 3.23. The highest BCUT2D eigenvalue weighted by molar-refractivity contribution is 7.88. The van der Waals surface area contributed by atoms with Crippen LogP contribution in [0.5, 0.6) is 0 Å². The number of benzene rings is 1. The first-order chi connectivity index (χ1) is 11.6. The quantitative estimate of drug-likeness (QED) is 0.763. The van der Waals surface area contributed by atoms with Crippen LogP contribution in [0.4, 0.5) is 13.2 Å². The fourth-order valence-corrected chi connectivity index (χ4v) is 3.41. The first-order valence-electron chi connectivity index (χ1n) is 8.10. The van der Waals surface area contributed by atoms with E-state index >= 15 is 0 Å².